The lowest BCUT2D eigenvalue weighted by Crippen LogP contribution is -2.17. The summed E-state index contributed by atoms with van der Waals surface area (Å²) in [6.07, 6.45) is -0.645. The van der Waals surface area contributed by atoms with Gasteiger partial charge in [-0.25, -0.2) is 9.59 Å². The minimum atomic E-state index is -0.645. The Morgan fingerprint density at radius 2 is 1.68 bits per heavy atom. The number of rotatable bonds is 7. The van der Waals surface area contributed by atoms with E-state index in [-0.39, 0.29) is 24.5 Å². The molecule has 0 aromatic heterocycles. The first-order chi connectivity index (χ1) is 12.1. The molecule has 1 N–H and O–H groups in total. The van der Waals surface area contributed by atoms with Crippen LogP contribution in [0.25, 0.3) is 0 Å². The van der Waals surface area contributed by atoms with Crippen molar-refractivity contribution in [2.75, 3.05) is 18.5 Å². The molecular formula is C19H21NO5. The van der Waals surface area contributed by atoms with Crippen LogP contribution in [0.1, 0.15) is 29.8 Å². The Morgan fingerprint density at radius 1 is 0.960 bits per heavy atom. The van der Waals surface area contributed by atoms with E-state index in [2.05, 4.69) is 5.32 Å². The van der Waals surface area contributed by atoms with Gasteiger partial charge in [0.25, 0.3) is 0 Å². The summed E-state index contributed by atoms with van der Waals surface area (Å²) in [5.41, 5.74) is 1.53. The van der Waals surface area contributed by atoms with Crippen molar-refractivity contribution in [2.45, 2.75) is 20.5 Å². The zero-order valence-corrected chi connectivity index (χ0v) is 14.3. The lowest BCUT2D eigenvalue weighted by atomic mass is 10.1. The lowest BCUT2D eigenvalue weighted by Gasteiger charge is -2.13. The number of benzene rings is 2. The van der Waals surface area contributed by atoms with E-state index >= 15 is 0 Å². The van der Waals surface area contributed by atoms with Crippen LogP contribution in [0.5, 0.6) is 5.75 Å². The Kier molecular flexibility index (Phi) is 6.83. The molecule has 0 fully saturated rings. The molecule has 0 aliphatic heterocycles. The summed E-state index contributed by atoms with van der Waals surface area (Å²) < 4.78 is 15.6. The maximum atomic E-state index is 12.0. The highest BCUT2D eigenvalue weighted by Gasteiger charge is 2.16. The first-order valence-corrected chi connectivity index (χ1v) is 8.05. The van der Waals surface area contributed by atoms with Gasteiger partial charge in [-0.15, -0.1) is 0 Å². The molecule has 132 valence electrons. The SMILES string of the molecule is CCOC(=O)Nc1cc(OCc2ccccc2)ccc1C(=O)OCC. The predicted molar refractivity (Wildman–Crippen MR) is 93.8 cm³/mol. The third-order valence-electron chi connectivity index (χ3n) is 3.25. The van der Waals surface area contributed by atoms with Crippen molar-refractivity contribution in [1.29, 1.82) is 0 Å². The number of carbonyl (C=O) groups is 2. The van der Waals surface area contributed by atoms with Crippen LogP contribution in [-0.4, -0.2) is 25.3 Å². The first kappa shape index (κ1) is 18.3. The van der Waals surface area contributed by atoms with Crippen LogP contribution in [0.4, 0.5) is 10.5 Å². The number of hydrogen-bond acceptors (Lipinski definition) is 5. The maximum Gasteiger partial charge on any atom is 0.411 e. The molecule has 2 aromatic rings. The number of hydrogen-bond donors (Lipinski definition) is 1. The molecule has 1 amide bonds. The summed E-state index contributed by atoms with van der Waals surface area (Å²) in [6.45, 7) is 4.26. The average Bonchev–Trinajstić information content (AvgIpc) is 2.61. The Hall–Kier alpha value is -3.02. The quantitative estimate of drug-likeness (QED) is 0.769. The first-order valence-electron chi connectivity index (χ1n) is 8.05. The van der Waals surface area contributed by atoms with Crippen LogP contribution in [0.3, 0.4) is 0 Å². The maximum absolute atomic E-state index is 12.0. The molecule has 0 aliphatic rings. The molecule has 2 aromatic carbocycles. The third kappa shape index (κ3) is 5.53. The highest BCUT2D eigenvalue weighted by atomic mass is 16.5. The highest BCUT2D eigenvalue weighted by molar-refractivity contribution is 6.00. The molecule has 0 radical (unpaired) electrons. The van der Waals surface area contributed by atoms with Crippen molar-refractivity contribution in [3.05, 3.63) is 59.7 Å². The van der Waals surface area contributed by atoms with Gasteiger partial charge in [0.2, 0.25) is 0 Å². The number of carbonyl (C=O) groups excluding carboxylic acids is 2. The van der Waals surface area contributed by atoms with Gasteiger partial charge in [0.05, 0.1) is 24.5 Å². The molecule has 0 saturated heterocycles. The molecule has 0 saturated carbocycles. The second-order valence-electron chi connectivity index (χ2n) is 5.05. The van der Waals surface area contributed by atoms with E-state index in [0.29, 0.717) is 12.4 Å². The van der Waals surface area contributed by atoms with Crippen molar-refractivity contribution < 1.29 is 23.8 Å². The summed E-state index contributed by atoms with van der Waals surface area (Å²) in [7, 11) is 0. The summed E-state index contributed by atoms with van der Waals surface area (Å²) >= 11 is 0. The monoisotopic (exact) mass is 343 g/mol. The van der Waals surface area contributed by atoms with Gasteiger partial charge in [-0.2, -0.15) is 0 Å². The van der Waals surface area contributed by atoms with Crippen LogP contribution >= 0.6 is 0 Å². The van der Waals surface area contributed by atoms with Gasteiger partial charge in [0, 0.05) is 6.07 Å². The summed E-state index contributed by atoms with van der Waals surface area (Å²) in [6, 6.07) is 14.5. The van der Waals surface area contributed by atoms with Gasteiger partial charge in [-0.1, -0.05) is 30.3 Å². The topological polar surface area (TPSA) is 73.9 Å². The normalized spacial score (nSPS) is 10.0. The number of amides is 1. The minimum absolute atomic E-state index is 0.227. The fourth-order valence-corrected chi connectivity index (χ4v) is 2.12. The Balaban J connectivity index is 2.18. The molecule has 0 atom stereocenters. The average molecular weight is 343 g/mol. The molecule has 6 heteroatoms. The van der Waals surface area contributed by atoms with Crippen LogP contribution in [0, 0.1) is 0 Å². The Bertz CT molecular complexity index is 715. The summed E-state index contributed by atoms with van der Waals surface area (Å²) in [5.74, 6) is -0.00684. The van der Waals surface area contributed by atoms with Gasteiger partial charge in [0.1, 0.15) is 12.4 Å². The molecule has 6 nitrogen and oxygen atoms in total. The van der Waals surface area contributed by atoms with Crippen LogP contribution < -0.4 is 10.1 Å². The second kappa shape index (κ2) is 9.32. The van der Waals surface area contributed by atoms with E-state index in [1.807, 2.05) is 30.3 Å². The largest absolute Gasteiger partial charge is 0.489 e. The van der Waals surface area contributed by atoms with Gasteiger partial charge in [-0.05, 0) is 31.5 Å². The van der Waals surface area contributed by atoms with E-state index < -0.39 is 12.1 Å². The van der Waals surface area contributed by atoms with Crippen LogP contribution in [0.15, 0.2) is 48.5 Å². The molecule has 2 rings (SSSR count). The standard InChI is InChI=1S/C19H21NO5/c1-3-23-18(21)16-11-10-15(12-17(16)20-19(22)24-4-2)25-13-14-8-6-5-7-9-14/h5-12H,3-4,13H2,1-2H3,(H,20,22). The second-order valence-corrected chi connectivity index (χ2v) is 5.05. The predicted octanol–water partition coefficient (Wildman–Crippen LogP) is 4.01. The summed E-state index contributed by atoms with van der Waals surface area (Å²) in [5, 5.41) is 2.55. The molecule has 0 bridgehead atoms. The van der Waals surface area contributed by atoms with Gasteiger partial charge < -0.3 is 14.2 Å². The van der Waals surface area contributed by atoms with Crippen molar-refractivity contribution in [3.8, 4) is 5.75 Å². The Labute approximate surface area is 146 Å². The van der Waals surface area contributed by atoms with Gasteiger partial charge >= 0.3 is 12.1 Å². The number of esters is 1. The smallest absolute Gasteiger partial charge is 0.411 e. The van der Waals surface area contributed by atoms with Crippen LogP contribution in [-0.2, 0) is 16.1 Å². The molecule has 0 spiro atoms. The Morgan fingerprint density at radius 3 is 2.36 bits per heavy atom. The summed E-state index contributed by atoms with van der Waals surface area (Å²) in [4.78, 5) is 23.7. The van der Waals surface area contributed by atoms with E-state index in [0.717, 1.165) is 5.56 Å². The fourth-order valence-electron chi connectivity index (χ4n) is 2.12. The van der Waals surface area contributed by atoms with Gasteiger partial charge in [0.15, 0.2) is 0 Å². The molecule has 0 unspecified atom stereocenters. The van der Waals surface area contributed by atoms with E-state index in [1.165, 1.54) is 0 Å². The third-order valence-corrected chi connectivity index (χ3v) is 3.25. The lowest BCUT2D eigenvalue weighted by molar-refractivity contribution is 0.0527. The van der Waals surface area contributed by atoms with Crippen molar-refractivity contribution in [3.63, 3.8) is 0 Å². The molecule has 0 aliphatic carbocycles. The van der Waals surface area contributed by atoms with E-state index in [9.17, 15) is 9.59 Å². The number of ether oxygens (including phenoxy) is 3. The van der Waals surface area contributed by atoms with Crippen molar-refractivity contribution in [2.24, 2.45) is 0 Å². The van der Waals surface area contributed by atoms with Crippen LogP contribution in [0.2, 0.25) is 0 Å². The van der Waals surface area contributed by atoms with Crippen molar-refractivity contribution in [1.82, 2.24) is 0 Å². The van der Waals surface area contributed by atoms with Crippen molar-refractivity contribution >= 4 is 17.7 Å². The number of anilines is 1. The highest BCUT2D eigenvalue weighted by Crippen LogP contribution is 2.24. The fraction of sp³-hybridized carbons (Fsp3) is 0.263. The van der Waals surface area contributed by atoms with E-state index in [1.54, 1.807) is 32.0 Å². The molecule has 0 heterocycles. The van der Waals surface area contributed by atoms with Gasteiger partial charge in [-0.3, -0.25) is 5.32 Å². The zero-order chi connectivity index (χ0) is 18.1. The number of nitrogens with one attached hydrogen (secondary N) is 1. The minimum Gasteiger partial charge on any atom is -0.489 e. The zero-order valence-electron chi connectivity index (χ0n) is 14.3. The molecular weight excluding hydrogens is 322 g/mol. The van der Waals surface area contributed by atoms with E-state index in [4.69, 9.17) is 14.2 Å². The molecule has 25 heavy (non-hydrogen) atoms.